The SMILES string of the molecule is O=C(O)c1csc(CNc2cccc3cc(Br)cnc23)c1. The molecule has 0 amide bonds. The topological polar surface area (TPSA) is 62.2 Å². The maximum absolute atomic E-state index is 10.9. The zero-order chi connectivity index (χ0) is 14.8. The largest absolute Gasteiger partial charge is 0.478 e. The lowest BCUT2D eigenvalue weighted by molar-refractivity contribution is 0.0697. The molecule has 0 aliphatic carbocycles. The Kier molecular flexibility index (Phi) is 3.90. The summed E-state index contributed by atoms with van der Waals surface area (Å²) in [6.07, 6.45) is 1.77. The van der Waals surface area contributed by atoms with Gasteiger partial charge in [0.05, 0.1) is 16.8 Å². The Hall–Kier alpha value is -1.92. The molecular weight excluding hydrogens is 352 g/mol. The fourth-order valence-corrected chi connectivity index (χ4v) is 3.19. The minimum Gasteiger partial charge on any atom is -0.478 e. The molecule has 3 rings (SSSR count). The maximum Gasteiger partial charge on any atom is 0.336 e. The van der Waals surface area contributed by atoms with Gasteiger partial charge in [-0.1, -0.05) is 12.1 Å². The number of carbonyl (C=O) groups is 1. The van der Waals surface area contributed by atoms with Crippen molar-refractivity contribution in [3.8, 4) is 0 Å². The van der Waals surface area contributed by atoms with E-state index in [9.17, 15) is 4.79 Å². The number of carboxylic acids is 1. The molecule has 2 aromatic heterocycles. The van der Waals surface area contributed by atoms with E-state index < -0.39 is 5.97 Å². The second kappa shape index (κ2) is 5.83. The molecule has 0 radical (unpaired) electrons. The van der Waals surface area contributed by atoms with Crippen LogP contribution in [0.2, 0.25) is 0 Å². The van der Waals surface area contributed by atoms with Crippen LogP contribution in [0.25, 0.3) is 10.9 Å². The maximum atomic E-state index is 10.9. The number of aromatic carboxylic acids is 1. The smallest absolute Gasteiger partial charge is 0.336 e. The van der Waals surface area contributed by atoms with Gasteiger partial charge in [-0.2, -0.15) is 0 Å². The van der Waals surface area contributed by atoms with Crippen LogP contribution in [0.5, 0.6) is 0 Å². The molecule has 4 nitrogen and oxygen atoms in total. The summed E-state index contributed by atoms with van der Waals surface area (Å²) in [5.74, 6) is -0.894. The number of para-hydroxylation sites is 1. The lowest BCUT2D eigenvalue weighted by atomic mass is 10.2. The monoisotopic (exact) mass is 362 g/mol. The van der Waals surface area contributed by atoms with E-state index in [4.69, 9.17) is 5.11 Å². The van der Waals surface area contributed by atoms with Crippen LogP contribution in [0.3, 0.4) is 0 Å². The molecule has 1 aromatic carbocycles. The minimum atomic E-state index is -0.894. The molecule has 3 aromatic rings. The summed E-state index contributed by atoms with van der Waals surface area (Å²) < 4.78 is 0.941. The number of carboxylic acid groups (broad SMARTS) is 1. The van der Waals surface area contributed by atoms with E-state index in [-0.39, 0.29) is 0 Å². The van der Waals surface area contributed by atoms with Gasteiger partial charge in [-0.05, 0) is 34.1 Å². The van der Waals surface area contributed by atoms with Crippen molar-refractivity contribution >= 4 is 49.8 Å². The summed E-state index contributed by atoms with van der Waals surface area (Å²) in [5, 5.41) is 14.9. The number of nitrogens with zero attached hydrogens (tertiary/aromatic N) is 1. The Morgan fingerprint density at radius 2 is 2.24 bits per heavy atom. The third kappa shape index (κ3) is 3.06. The number of rotatable bonds is 4. The van der Waals surface area contributed by atoms with Crippen molar-refractivity contribution < 1.29 is 9.90 Å². The van der Waals surface area contributed by atoms with Crippen LogP contribution in [-0.4, -0.2) is 16.1 Å². The Labute approximate surface area is 133 Å². The van der Waals surface area contributed by atoms with Crippen LogP contribution in [0.1, 0.15) is 15.2 Å². The first kappa shape index (κ1) is 14.0. The van der Waals surface area contributed by atoms with Crippen molar-refractivity contribution in [1.82, 2.24) is 4.98 Å². The normalized spacial score (nSPS) is 10.7. The van der Waals surface area contributed by atoms with Crippen molar-refractivity contribution in [2.75, 3.05) is 5.32 Å². The number of benzene rings is 1. The van der Waals surface area contributed by atoms with E-state index >= 15 is 0 Å². The molecular formula is C15H11BrN2O2S. The van der Waals surface area contributed by atoms with Gasteiger partial charge in [-0.15, -0.1) is 11.3 Å². The average molecular weight is 363 g/mol. The fraction of sp³-hybridized carbons (Fsp3) is 0.0667. The number of pyridine rings is 1. The molecule has 0 aliphatic heterocycles. The summed E-state index contributed by atoms with van der Waals surface area (Å²) in [6, 6.07) is 9.65. The quantitative estimate of drug-likeness (QED) is 0.723. The third-order valence-electron chi connectivity index (χ3n) is 3.03. The van der Waals surface area contributed by atoms with Gasteiger partial charge >= 0.3 is 5.97 Å². The molecule has 6 heteroatoms. The summed E-state index contributed by atoms with van der Waals surface area (Å²) >= 11 is 4.85. The standard InChI is InChI=1S/C15H11BrN2O2S/c16-11-4-9-2-1-3-13(14(9)18-6-11)17-7-12-5-10(8-21-12)15(19)20/h1-6,8,17H,7H2,(H,19,20). The first-order chi connectivity index (χ1) is 10.1. The van der Waals surface area contributed by atoms with Gasteiger partial charge in [0.1, 0.15) is 0 Å². The number of thiophene rings is 1. The van der Waals surface area contributed by atoms with Crippen LogP contribution >= 0.6 is 27.3 Å². The van der Waals surface area contributed by atoms with Gasteiger partial charge in [0.25, 0.3) is 0 Å². The number of hydrogen-bond acceptors (Lipinski definition) is 4. The number of halogens is 1. The lowest BCUT2D eigenvalue weighted by Gasteiger charge is -2.08. The van der Waals surface area contributed by atoms with E-state index in [1.807, 2.05) is 24.3 Å². The predicted molar refractivity (Wildman–Crippen MR) is 88.0 cm³/mol. The highest BCUT2D eigenvalue weighted by atomic mass is 79.9. The van der Waals surface area contributed by atoms with Crippen molar-refractivity contribution in [1.29, 1.82) is 0 Å². The zero-order valence-corrected chi connectivity index (χ0v) is 13.2. The van der Waals surface area contributed by atoms with Crippen molar-refractivity contribution in [3.63, 3.8) is 0 Å². The summed E-state index contributed by atoms with van der Waals surface area (Å²) in [6.45, 7) is 0.578. The summed E-state index contributed by atoms with van der Waals surface area (Å²) in [4.78, 5) is 16.3. The van der Waals surface area contributed by atoms with Crippen molar-refractivity contribution in [2.45, 2.75) is 6.54 Å². The first-order valence-electron chi connectivity index (χ1n) is 6.22. The molecule has 0 spiro atoms. The second-order valence-electron chi connectivity index (χ2n) is 4.49. The molecule has 0 saturated carbocycles. The van der Waals surface area contributed by atoms with Gasteiger partial charge in [0.15, 0.2) is 0 Å². The Morgan fingerprint density at radius 1 is 1.38 bits per heavy atom. The van der Waals surface area contributed by atoms with Crippen LogP contribution in [0.15, 0.2) is 46.4 Å². The fourth-order valence-electron chi connectivity index (χ4n) is 2.04. The highest BCUT2D eigenvalue weighted by Crippen LogP contribution is 2.25. The summed E-state index contributed by atoms with van der Waals surface area (Å²) in [7, 11) is 0. The Bertz CT molecular complexity index is 816. The summed E-state index contributed by atoms with van der Waals surface area (Å²) in [5.41, 5.74) is 2.16. The van der Waals surface area contributed by atoms with Gasteiger partial charge in [0.2, 0.25) is 0 Å². The number of anilines is 1. The van der Waals surface area contributed by atoms with Crippen LogP contribution in [-0.2, 0) is 6.54 Å². The average Bonchev–Trinajstić information content (AvgIpc) is 2.93. The van der Waals surface area contributed by atoms with E-state index in [0.29, 0.717) is 12.1 Å². The van der Waals surface area contributed by atoms with Crippen LogP contribution in [0, 0.1) is 0 Å². The molecule has 0 bridgehead atoms. The molecule has 0 atom stereocenters. The number of fused-ring (bicyclic) bond motifs is 1. The van der Waals surface area contributed by atoms with Crippen molar-refractivity contribution in [3.05, 3.63) is 56.8 Å². The lowest BCUT2D eigenvalue weighted by Crippen LogP contribution is -1.99. The zero-order valence-electron chi connectivity index (χ0n) is 10.8. The second-order valence-corrected chi connectivity index (χ2v) is 6.40. The minimum absolute atomic E-state index is 0.330. The highest BCUT2D eigenvalue weighted by molar-refractivity contribution is 9.10. The molecule has 0 unspecified atom stereocenters. The van der Waals surface area contributed by atoms with E-state index in [0.717, 1.165) is 25.9 Å². The van der Waals surface area contributed by atoms with Crippen LogP contribution < -0.4 is 5.32 Å². The molecule has 0 fully saturated rings. The van der Waals surface area contributed by atoms with Crippen molar-refractivity contribution in [2.24, 2.45) is 0 Å². The van der Waals surface area contributed by atoms with Gasteiger partial charge in [-0.3, -0.25) is 4.98 Å². The van der Waals surface area contributed by atoms with E-state index in [1.165, 1.54) is 11.3 Å². The van der Waals surface area contributed by atoms with Crippen LogP contribution in [0.4, 0.5) is 5.69 Å². The number of aromatic nitrogens is 1. The molecule has 0 saturated heterocycles. The highest BCUT2D eigenvalue weighted by Gasteiger charge is 2.07. The Morgan fingerprint density at radius 3 is 3.00 bits per heavy atom. The molecule has 2 N–H and O–H groups in total. The molecule has 0 aliphatic rings. The predicted octanol–water partition coefficient (Wildman–Crippen LogP) is 4.37. The van der Waals surface area contributed by atoms with E-state index in [2.05, 4.69) is 26.2 Å². The first-order valence-corrected chi connectivity index (χ1v) is 7.89. The molecule has 21 heavy (non-hydrogen) atoms. The molecule has 106 valence electrons. The van der Waals surface area contributed by atoms with Gasteiger partial charge in [-0.25, -0.2) is 4.79 Å². The van der Waals surface area contributed by atoms with E-state index in [1.54, 1.807) is 17.6 Å². The Balaban J connectivity index is 1.83. The van der Waals surface area contributed by atoms with Gasteiger partial charge in [0, 0.05) is 32.9 Å². The molecule has 2 heterocycles. The number of hydrogen-bond donors (Lipinski definition) is 2. The third-order valence-corrected chi connectivity index (χ3v) is 4.40. The number of nitrogens with one attached hydrogen (secondary N) is 1. The van der Waals surface area contributed by atoms with Gasteiger partial charge < -0.3 is 10.4 Å².